The summed E-state index contributed by atoms with van der Waals surface area (Å²) in [7, 11) is 1.60. The van der Waals surface area contributed by atoms with Gasteiger partial charge in [-0.2, -0.15) is 0 Å². The molecule has 0 amide bonds. The molecule has 122 valence electrons. The number of aromatic nitrogens is 2. The lowest BCUT2D eigenvalue weighted by Crippen LogP contribution is -2.00. The molecule has 0 unspecified atom stereocenters. The Hall–Kier alpha value is -3.08. The summed E-state index contributed by atoms with van der Waals surface area (Å²) in [6.07, 6.45) is 2.40. The Morgan fingerprint density at radius 1 is 1.21 bits per heavy atom. The fourth-order valence-corrected chi connectivity index (χ4v) is 2.68. The molecule has 0 saturated heterocycles. The molecule has 0 aliphatic heterocycles. The second-order valence-corrected chi connectivity index (χ2v) is 5.34. The lowest BCUT2D eigenvalue weighted by molar-refractivity contribution is 0.0691. The molecule has 0 aliphatic carbocycles. The van der Waals surface area contributed by atoms with Crippen molar-refractivity contribution in [3.8, 4) is 22.8 Å². The molecule has 0 radical (unpaired) electrons. The fourth-order valence-electron chi connectivity index (χ4n) is 2.68. The first-order chi connectivity index (χ1) is 11.6. The molecule has 3 aromatic rings. The smallest absolute Gasteiger partial charge is 0.356 e. The van der Waals surface area contributed by atoms with Crippen molar-refractivity contribution in [1.29, 1.82) is 0 Å². The number of hydrogen-bond acceptors (Lipinski definition) is 3. The Bertz CT molecular complexity index is 884. The van der Waals surface area contributed by atoms with Crippen LogP contribution < -0.4 is 4.74 Å². The molecule has 5 heteroatoms. The van der Waals surface area contributed by atoms with E-state index < -0.39 is 5.97 Å². The van der Waals surface area contributed by atoms with Gasteiger partial charge in [0, 0.05) is 11.8 Å². The lowest BCUT2D eigenvalue weighted by Gasteiger charge is -2.12. The van der Waals surface area contributed by atoms with Crippen LogP contribution in [-0.2, 0) is 6.42 Å². The second-order valence-electron chi connectivity index (χ2n) is 5.34. The van der Waals surface area contributed by atoms with Gasteiger partial charge in [-0.25, -0.2) is 9.78 Å². The third-order valence-corrected chi connectivity index (χ3v) is 3.89. The van der Waals surface area contributed by atoms with Gasteiger partial charge < -0.3 is 9.84 Å². The summed E-state index contributed by atoms with van der Waals surface area (Å²) in [6.45, 7) is 2.07. The molecule has 3 rings (SSSR count). The van der Waals surface area contributed by atoms with Crippen LogP contribution in [0.25, 0.3) is 17.1 Å². The van der Waals surface area contributed by atoms with Crippen LogP contribution in [0, 0.1) is 0 Å². The van der Waals surface area contributed by atoms with Crippen molar-refractivity contribution < 1.29 is 14.6 Å². The van der Waals surface area contributed by atoms with Gasteiger partial charge in [-0.15, -0.1) is 0 Å². The van der Waals surface area contributed by atoms with Crippen LogP contribution in [0.4, 0.5) is 0 Å². The normalized spacial score (nSPS) is 10.6. The minimum atomic E-state index is -1.05. The van der Waals surface area contributed by atoms with E-state index in [1.165, 1.54) is 0 Å². The quantitative estimate of drug-likeness (QED) is 0.776. The van der Waals surface area contributed by atoms with Crippen molar-refractivity contribution in [1.82, 2.24) is 9.55 Å². The molecule has 1 N–H and O–H groups in total. The van der Waals surface area contributed by atoms with Crippen molar-refractivity contribution in [2.24, 2.45) is 0 Å². The molecule has 24 heavy (non-hydrogen) atoms. The Morgan fingerprint density at radius 2 is 2.00 bits per heavy atom. The molecule has 5 nitrogen and oxygen atoms in total. The number of rotatable bonds is 5. The van der Waals surface area contributed by atoms with Gasteiger partial charge in [0.1, 0.15) is 11.6 Å². The zero-order valence-corrected chi connectivity index (χ0v) is 13.6. The van der Waals surface area contributed by atoms with Crippen LogP contribution in [0.15, 0.2) is 54.7 Å². The van der Waals surface area contributed by atoms with Gasteiger partial charge in [-0.05, 0) is 30.2 Å². The fraction of sp³-hybridized carbons (Fsp3) is 0.158. The summed E-state index contributed by atoms with van der Waals surface area (Å²) in [4.78, 5) is 15.7. The number of aryl methyl sites for hydroxylation is 1. The number of carboxylic acid groups (broad SMARTS) is 1. The van der Waals surface area contributed by atoms with E-state index in [9.17, 15) is 9.90 Å². The number of carboxylic acids is 1. The Morgan fingerprint density at radius 3 is 2.71 bits per heavy atom. The minimum Gasteiger partial charge on any atom is -0.497 e. The van der Waals surface area contributed by atoms with Crippen LogP contribution in [0.2, 0.25) is 0 Å². The maximum atomic E-state index is 11.4. The maximum absolute atomic E-state index is 11.4. The molecular weight excluding hydrogens is 304 g/mol. The molecule has 0 saturated carbocycles. The number of aromatic carboxylic acids is 1. The average molecular weight is 322 g/mol. The lowest BCUT2D eigenvalue weighted by atomic mass is 10.1. The minimum absolute atomic E-state index is 0.0127. The molecule has 1 aromatic heterocycles. The predicted molar refractivity (Wildman–Crippen MR) is 91.9 cm³/mol. The van der Waals surface area contributed by atoms with Crippen molar-refractivity contribution >= 4 is 5.97 Å². The van der Waals surface area contributed by atoms with E-state index in [4.69, 9.17) is 4.74 Å². The third-order valence-electron chi connectivity index (χ3n) is 3.89. The zero-order valence-electron chi connectivity index (χ0n) is 13.6. The Kier molecular flexibility index (Phi) is 4.33. The van der Waals surface area contributed by atoms with Gasteiger partial charge in [0.05, 0.1) is 12.8 Å². The third kappa shape index (κ3) is 2.88. The van der Waals surface area contributed by atoms with E-state index in [1.807, 2.05) is 53.1 Å². The molecule has 0 spiro atoms. The standard InChI is InChI=1S/C19H18N2O3/c1-3-13-7-4-5-10-17(13)21-12-16(19(22)23)20-18(21)14-8-6-9-15(11-14)24-2/h4-12H,3H2,1-2H3,(H,22,23). The van der Waals surface area contributed by atoms with Crippen molar-refractivity contribution in [3.05, 3.63) is 66.0 Å². The van der Waals surface area contributed by atoms with E-state index in [2.05, 4.69) is 11.9 Å². The van der Waals surface area contributed by atoms with Crippen LogP contribution in [-0.4, -0.2) is 27.7 Å². The SMILES string of the molecule is CCc1ccccc1-n1cc(C(=O)O)nc1-c1cccc(OC)c1. The summed E-state index contributed by atoms with van der Waals surface area (Å²) in [5.41, 5.74) is 2.86. The zero-order chi connectivity index (χ0) is 17.1. The highest BCUT2D eigenvalue weighted by Gasteiger charge is 2.17. The van der Waals surface area contributed by atoms with Gasteiger partial charge >= 0.3 is 5.97 Å². The number of ether oxygens (including phenoxy) is 1. The van der Waals surface area contributed by atoms with Gasteiger partial charge in [0.15, 0.2) is 5.69 Å². The predicted octanol–water partition coefficient (Wildman–Crippen LogP) is 3.81. The van der Waals surface area contributed by atoms with Crippen LogP contribution in [0.1, 0.15) is 23.0 Å². The average Bonchev–Trinajstić information content (AvgIpc) is 3.07. The Labute approximate surface area is 140 Å². The number of hydrogen-bond donors (Lipinski definition) is 1. The largest absolute Gasteiger partial charge is 0.497 e. The summed E-state index contributed by atoms with van der Waals surface area (Å²) in [5.74, 6) is 0.224. The topological polar surface area (TPSA) is 64.4 Å². The van der Waals surface area contributed by atoms with Crippen LogP contribution in [0.5, 0.6) is 5.75 Å². The van der Waals surface area contributed by atoms with Gasteiger partial charge in [0.2, 0.25) is 0 Å². The summed E-state index contributed by atoms with van der Waals surface area (Å²) >= 11 is 0. The van der Waals surface area contributed by atoms with E-state index in [-0.39, 0.29) is 5.69 Å². The van der Waals surface area contributed by atoms with Gasteiger partial charge in [-0.3, -0.25) is 4.57 Å². The molecular formula is C19H18N2O3. The molecule has 0 fully saturated rings. The number of para-hydroxylation sites is 1. The van der Waals surface area contributed by atoms with E-state index in [0.717, 1.165) is 23.2 Å². The monoisotopic (exact) mass is 322 g/mol. The summed E-state index contributed by atoms with van der Waals surface area (Å²) < 4.78 is 7.10. The van der Waals surface area contributed by atoms with E-state index in [1.54, 1.807) is 13.3 Å². The molecule has 0 atom stereocenters. The van der Waals surface area contributed by atoms with Crippen LogP contribution in [0.3, 0.4) is 0 Å². The summed E-state index contributed by atoms with van der Waals surface area (Å²) in [6, 6.07) is 15.3. The van der Waals surface area contributed by atoms with Gasteiger partial charge in [0.25, 0.3) is 0 Å². The van der Waals surface area contributed by atoms with E-state index in [0.29, 0.717) is 11.6 Å². The number of nitrogens with zero attached hydrogens (tertiary/aromatic N) is 2. The molecule has 0 aliphatic rings. The first kappa shape index (κ1) is 15.8. The highest BCUT2D eigenvalue weighted by molar-refractivity contribution is 5.86. The maximum Gasteiger partial charge on any atom is 0.356 e. The molecule has 1 heterocycles. The first-order valence-corrected chi connectivity index (χ1v) is 7.69. The van der Waals surface area contributed by atoms with Gasteiger partial charge in [-0.1, -0.05) is 37.3 Å². The molecule has 2 aromatic carbocycles. The Balaban J connectivity index is 2.23. The number of carbonyl (C=O) groups is 1. The number of imidazole rings is 1. The van der Waals surface area contributed by atoms with Crippen molar-refractivity contribution in [2.45, 2.75) is 13.3 Å². The first-order valence-electron chi connectivity index (χ1n) is 7.69. The molecule has 0 bridgehead atoms. The highest BCUT2D eigenvalue weighted by atomic mass is 16.5. The second kappa shape index (κ2) is 6.58. The van der Waals surface area contributed by atoms with Crippen molar-refractivity contribution in [2.75, 3.05) is 7.11 Å². The van der Waals surface area contributed by atoms with Crippen molar-refractivity contribution in [3.63, 3.8) is 0 Å². The number of benzene rings is 2. The highest BCUT2D eigenvalue weighted by Crippen LogP contribution is 2.27. The summed E-state index contributed by atoms with van der Waals surface area (Å²) in [5, 5.41) is 9.34. The van der Waals surface area contributed by atoms with Crippen LogP contribution >= 0.6 is 0 Å². The van der Waals surface area contributed by atoms with E-state index >= 15 is 0 Å². The number of methoxy groups -OCH3 is 1.